The Morgan fingerprint density at radius 3 is 2.44 bits per heavy atom. The van der Waals surface area contributed by atoms with E-state index in [1.54, 1.807) is 0 Å². The summed E-state index contributed by atoms with van der Waals surface area (Å²) in [5.41, 5.74) is 3.33. The molecule has 0 saturated carbocycles. The number of anilines is 1. The number of halogens is 1. The average molecular weight is 301 g/mol. The molecule has 2 rings (SSSR count). The van der Waals surface area contributed by atoms with E-state index >= 15 is 0 Å². The van der Waals surface area contributed by atoms with Crippen LogP contribution in [0.15, 0.2) is 53.0 Å². The zero-order chi connectivity index (χ0) is 12.8. The molecule has 2 aromatic rings. The lowest BCUT2D eigenvalue weighted by Gasteiger charge is -2.08. The molecular weight excluding hydrogens is 288 g/mol. The lowest BCUT2D eigenvalue weighted by molar-refractivity contribution is 1.13. The van der Waals surface area contributed by atoms with Crippen molar-refractivity contribution < 1.29 is 0 Å². The van der Waals surface area contributed by atoms with Crippen molar-refractivity contribution in [1.29, 1.82) is 5.26 Å². The van der Waals surface area contributed by atoms with E-state index < -0.39 is 0 Å². The van der Waals surface area contributed by atoms with Crippen molar-refractivity contribution in [2.45, 2.75) is 13.0 Å². The van der Waals surface area contributed by atoms with E-state index in [9.17, 15) is 0 Å². The largest absolute Gasteiger partial charge is 0.381 e. The van der Waals surface area contributed by atoms with Crippen LogP contribution in [0, 0.1) is 11.3 Å². The van der Waals surface area contributed by atoms with E-state index in [4.69, 9.17) is 5.26 Å². The first-order valence-electron chi connectivity index (χ1n) is 5.73. The third-order valence-electron chi connectivity index (χ3n) is 2.68. The first-order valence-corrected chi connectivity index (χ1v) is 6.52. The summed E-state index contributed by atoms with van der Waals surface area (Å²) in [6, 6.07) is 18.3. The zero-order valence-corrected chi connectivity index (χ0v) is 11.4. The molecule has 2 nitrogen and oxygen atoms in total. The van der Waals surface area contributed by atoms with Gasteiger partial charge >= 0.3 is 0 Å². The summed E-state index contributed by atoms with van der Waals surface area (Å²) in [5.74, 6) is 0. The lowest BCUT2D eigenvalue weighted by Crippen LogP contribution is -2.00. The van der Waals surface area contributed by atoms with E-state index in [2.05, 4.69) is 33.4 Å². The summed E-state index contributed by atoms with van der Waals surface area (Å²) in [6.45, 7) is 0.777. The SMILES string of the molecule is N#CCc1ccc(NCc2ccccc2Br)cc1. The summed E-state index contributed by atoms with van der Waals surface area (Å²) < 4.78 is 1.11. The van der Waals surface area contributed by atoms with Crippen molar-refractivity contribution in [1.82, 2.24) is 0 Å². The Hall–Kier alpha value is -1.79. The third-order valence-corrected chi connectivity index (χ3v) is 3.45. The fourth-order valence-electron chi connectivity index (χ4n) is 1.67. The van der Waals surface area contributed by atoms with Gasteiger partial charge in [-0.05, 0) is 29.3 Å². The predicted octanol–water partition coefficient (Wildman–Crippen LogP) is 4.13. The second kappa shape index (κ2) is 6.23. The van der Waals surface area contributed by atoms with Gasteiger partial charge in [0.05, 0.1) is 12.5 Å². The van der Waals surface area contributed by atoms with Crippen LogP contribution in [0.4, 0.5) is 5.69 Å². The van der Waals surface area contributed by atoms with Crippen LogP contribution in [0.1, 0.15) is 11.1 Å². The number of benzene rings is 2. The number of nitrogens with zero attached hydrogens (tertiary/aromatic N) is 1. The molecule has 0 radical (unpaired) electrons. The molecule has 0 heterocycles. The molecule has 0 fully saturated rings. The Morgan fingerprint density at radius 2 is 1.78 bits per heavy atom. The van der Waals surface area contributed by atoms with Crippen molar-refractivity contribution >= 4 is 21.6 Å². The molecule has 0 atom stereocenters. The van der Waals surface area contributed by atoms with Gasteiger partial charge in [-0.3, -0.25) is 0 Å². The van der Waals surface area contributed by atoms with Crippen LogP contribution < -0.4 is 5.32 Å². The molecule has 0 spiro atoms. The minimum atomic E-state index is 0.463. The standard InChI is InChI=1S/C15H13BrN2/c16-15-4-2-1-3-13(15)11-18-14-7-5-12(6-8-14)9-10-17/h1-8,18H,9,11H2. The Balaban J connectivity index is 1.98. The molecule has 90 valence electrons. The van der Waals surface area contributed by atoms with Crippen LogP contribution in [-0.4, -0.2) is 0 Å². The quantitative estimate of drug-likeness (QED) is 0.921. The molecule has 2 aromatic carbocycles. The summed E-state index contributed by atoms with van der Waals surface area (Å²) in [7, 11) is 0. The van der Waals surface area contributed by atoms with Gasteiger partial charge in [0.25, 0.3) is 0 Å². The monoisotopic (exact) mass is 300 g/mol. The molecule has 0 unspecified atom stereocenters. The smallest absolute Gasteiger partial charge is 0.0669 e. The topological polar surface area (TPSA) is 35.8 Å². The van der Waals surface area contributed by atoms with Gasteiger partial charge in [0.2, 0.25) is 0 Å². The van der Waals surface area contributed by atoms with Gasteiger partial charge in [-0.1, -0.05) is 46.3 Å². The average Bonchev–Trinajstić information content (AvgIpc) is 2.40. The second-order valence-corrected chi connectivity index (χ2v) is 4.83. The van der Waals surface area contributed by atoms with Crippen LogP contribution in [0.25, 0.3) is 0 Å². The molecule has 0 aromatic heterocycles. The van der Waals surface area contributed by atoms with Gasteiger partial charge in [0.1, 0.15) is 0 Å². The number of hydrogen-bond acceptors (Lipinski definition) is 2. The van der Waals surface area contributed by atoms with Gasteiger partial charge < -0.3 is 5.32 Å². The van der Waals surface area contributed by atoms with Crippen molar-refractivity contribution in [3.8, 4) is 6.07 Å². The van der Waals surface area contributed by atoms with Crippen LogP contribution in [0.3, 0.4) is 0 Å². The highest BCUT2D eigenvalue weighted by molar-refractivity contribution is 9.10. The normalized spacial score (nSPS) is 9.78. The fraction of sp³-hybridized carbons (Fsp3) is 0.133. The van der Waals surface area contributed by atoms with Gasteiger partial charge in [0, 0.05) is 16.7 Å². The van der Waals surface area contributed by atoms with E-state index in [0.717, 1.165) is 22.3 Å². The molecular formula is C15H13BrN2. The predicted molar refractivity (Wildman–Crippen MR) is 77.2 cm³/mol. The van der Waals surface area contributed by atoms with E-state index in [1.165, 1.54) is 5.56 Å². The number of hydrogen-bond donors (Lipinski definition) is 1. The maximum absolute atomic E-state index is 8.60. The number of nitrogens with one attached hydrogen (secondary N) is 1. The first kappa shape index (κ1) is 12.7. The highest BCUT2D eigenvalue weighted by atomic mass is 79.9. The summed E-state index contributed by atoms with van der Waals surface area (Å²) >= 11 is 3.53. The lowest BCUT2D eigenvalue weighted by atomic mass is 10.1. The number of rotatable bonds is 4. The molecule has 1 N–H and O–H groups in total. The van der Waals surface area contributed by atoms with E-state index in [-0.39, 0.29) is 0 Å². The molecule has 0 aliphatic carbocycles. The zero-order valence-electron chi connectivity index (χ0n) is 9.86. The Kier molecular flexibility index (Phi) is 4.38. The Bertz CT molecular complexity index is 555. The molecule has 0 bridgehead atoms. The van der Waals surface area contributed by atoms with Crippen LogP contribution >= 0.6 is 15.9 Å². The Labute approximate surface area is 115 Å². The molecule has 0 aliphatic rings. The van der Waals surface area contributed by atoms with Gasteiger partial charge in [-0.2, -0.15) is 5.26 Å². The summed E-state index contributed by atoms with van der Waals surface area (Å²) in [5, 5.41) is 12.0. The van der Waals surface area contributed by atoms with Crippen molar-refractivity contribution in [3.63, 3.8) is 0 Å². The molecule has 3 heteroatoms. The Morgan fingerprint density at radius 1 is 1.06 bits per heavy atom. The van der Waals surface area contributed by atoms with Crippen molar-refractivity contribution in [2.24, 2.45) is 0 Å². The molecule has 0 aliphatic heterocycles. The van der Waals surface area contributed by atoms with Gasteiger partial charge in [-0.15, -0.1) is 0 Å². The third kappa shape index (κ3) is 3.35. The molecule has 0 saturated heterocycles. The molecule has 0 amide bonds. The first-order chi connectivity index (χ1) is 8.79. The van der Waals surface area contributed by atoms with Crippen LogP contribution in [0.2, 0.25) is 0 Å². The second-order valence-electron chi connectivity index (χ2n) is 3.98. The van der Waals surface area contributed by atoms with E-state index in [1.807, 2.05) is 42.5 Å². The fourth-order valence-corrected chi connectivity index (χ4v) is 2.10. The van der Waals surface area contributed by atoms with Crippen LogP contribution in [0.5, 0.6) is 0 Å². The van der Waals surface area contributed by atoms with E-state index in [0.29, 0.717) is 6.42 Å². The minimum Gasteiger partial charge on any atom is -0.381 e. The maximum atomic E-state index is 8.60. The highest BCUT2D eigenvalue weighted by Gasteiger charge is 1.98. The van der Waals surface area contributed by atoms with Gasteiger partial charge in [-0.25, -0.2) is 0 Å². The molecule has 18 heavy (non-hydrogen) atoms. The summed E-state index contributed by atoms with van der Waals surface area (Å²) in [4.78, 5) is 0. The minimum absolute atomic E-state index is 0.463. The van der Waals surface area contributed by atoms with Crippen LogP contribution in [-0.2, 0) is 13.0 Å². The van der Waals surface area contributed by atoms with Gasteiger partial charge in [0.15, 0.2) is 0 Å². The highest BCUT2D eigenvalue weighted by Crippen LogP contribution is 2.18. The summed E-state index contributed by atoms with van der Waals surface area (Å²) in [6.07, 6.45) is 0.463. The van der Waals surface area contributed by atoms with Crippen molar-refractivity contribution in [2.75, 3.05) is 5.32 Å². The van der Waals surface area contributed by atoms with Crippen molar-refractivity contribution in [3.05, 3.63) is 64.1 Å². The number of nitriles is 1. The maximum Gasteiger partial charge on any atom is 0.0669 e.